The highest BCUT2D eigenvalue weighted by molar-refractivity contribution is 7.80. The molecule has 33 heavy (non-hydrogen) atoms. The maximum absolute atomic E-state index is 13.7. The SMILES string of the molecule is Cc1cccc(-n2c(C)cc([C@@H]3[C@@H](c4ccccn4)NC(=S)N3c3ccc(F)cc3)c2C)c1. The highest BCUT2D eigenvalue weighted by Gasteiger charge is 2.42. The number of nitrogens with one attached hydrogen (secondary N) is 1. The molecule has 1 fully saturated rings. The van der Waals surface area contributed by atoms with Crippen molar-refractivity contribution in [3.63, 3.8) is 0 Å². The molecule has 0 saturated carbocycles. The van der Waals surface area contributed by atoms with E-state index in [1.165, 1.54) is 17.7 Å². The van der Waals surface area contributed by atoms with Gasteiger partial charge in [-0.1, -0.05) is 18.2 Å². The van der Waals surface area contributed by atoms with Crippen LogP contribution in [-0.2, 0) is 0 Å². The summed E-state index contributed by atoms with van der Waals surface area (Å²) in [6, 6.07) is 22.9. The summed E-state index contributed by atoms with van der Waals surface area (Å²) < 4.78 is 16.0. The van der Waals surface area contributed by atoms with Crippen molar-refractivity contribution < 1.29 is 4.39 Å². The monoisotopic (exact) mass is 456 g/mol. The number of halogens is 1. The highest BCUT2D eigenvalue weighted by atomic mass is 32.1. The Morgan fingerprint density at radius 2 is 1.70 bits per heavy atom. The van der Waals surface area contributed by atoms with Crippen LogP contribution in [-0.4, -0.2) is 14.7 Å². The second kappa shape index (κ2) is 8.45. The first-order valence-corrected chi connectivity index (χ1v) is 11.4. The van der Waals surface area contributed by atoms with Crippen LogP contribution < -0.4 is 10.2 Å². The lowest BCUT2D eigenvalue weighted by Gasteiger charge is -2.28. The van der Waals surface area contributed by atoms with Gasteiger partial charge in [0, 0.05) is 29.0 Å². The molecule has 0 spiro atoms. The Morgan fingerprint density at radius 1 is 0.909 bits per heavy atom. The molecule has 1 saturated heterocycles. The third-order valence-corrected chi connectivity index (χ3v) is 6.57. The average molecular weight is 457 g/mol. The Morgan fingerprint density at radius 3 is 2.39 bits per heavy atom. The Bertz CT molecular complexity index is 1310. The van der Waals surface area contributed by atoms with Crippen LogP contribution in [0.25, 0.3) is 5.69 Å². The van der Waals surface area contributed by atoms with Crippen LogP contribution in [0.4, 0.5) is 10.1 Å². The fourth-order valence-electron chi connectivity index (χ4n) is 4.80. The smallest absolute Gasteiger partial charge is 0.174 e. The molecule has 0 unspecified atom stereocenters. The molecule has 6 heteroatoms. The number of aryl methyl sites for hydroxylation is 2. The summed E-state index contributed by atoms with van der Waals surface area (Å²) in [5.41, 5.74) is 7.54. The van der Waals surface area contributed by atoms with E-state index in [2.05, 4.69) is 70.9 Å². The molecule has 0 bridgehead atoms. The zero-order chi connectivity index (χ0) is 23.1. The molecule has 0 radical (unpaired) electrons. The second-order valence-corrected chi connectivity index (χ2v) is 8.86. The van der Waals surface area contributed by atoms with Crippen LogP contribution >= 0.6 is 12.2 Å². The molecule has 0 aliphatic carbocycles. The van der Waals surface area contributed by atoms with Gasteiger partial charge in [-0.2, -0.15) is 0 Å². The lowest BCUT2D eigenvalue weighted by Crippen LogP contribution is -2.29. The van der Waals surface area contributed by atoms with Crippen LogP contribution in [0.5, 0.6) is 0 Å². The van der Waals surface area contributed by atoms with Crippen LogP contribution in [0.1, 0.15) is 40.3 Å². The summed E-state index contributed by atoms with van der Waals surface area (Å²) in [5.74, 6) is -0.271. The van der Waals surface area contributed by atoms with Crippen LogP contribution in [0.3, 0.4) is 0 Å². The number of pyridine rings is 1. The molecule has 2 aromatic carbocycles. The van der Waals surface area contributed by atoms with E-state index in [9.17, 15) is 4.39 Å². The van der Waals surface area contributed by atoms with Crippen molar-refractivity contribution in [1.82, 2.24) is 14.9 Å². The molecule has 1 aliphatic heterocycles. The fraction of sp³-hybridized carbons (Fsp3) is 0.185. The molecule has 166 valence electrons. The molecule has 1 N–H and O–H groups in total. The van der Waals surface area contributed by atoms with Crippen molar-refractivity contribution in [3.05, 3.63) is 113 Å². The maximum atomic E-state index is 13.7. The van der Waals surface area contributed by atoms with E-state index in [-0.39, 0.29) is 17.9 Å². The van der Waals surface area contributed by atoms with Crippen LogP contribution in [0.15, 0.2) is 79.0 Å². The number of hydrogen-bond donors (Lipinski definition) is 1. The minimum Gasteiger partial charge on any atom is -0.351 e. The van der Waals surface area contributed by atoms with Gasteiger partial charge in [-0.05, 0) is 98.7 Å². The standard InChI is InChI=1S/C27H25FN4S/c1-17-7-6-8-22(15-17)31-18(2)16-23(19(31)3)26-25(24-9-4-5-14-29-24)30-27(33)32(26)21-12-10-20(28)11-13-21/h4-16,25-26H,1-3H3,(H,30,33)/t25-,26-/m1/s1. The van der Waals surface area contributed by atoms with Crippen LogP contribution in [0, 0.1) is 26.6 Å². The van der Waals surface area contributed by atoms with E-state index < -0.39 is 0 Å². The molecule has 2 aromatic heterocycles. The highest BCUT2D eigenvalue weighted by Crippen LogP contribution is 2.43. The van der Waals surface area contributed by atoms with E-state index in [1.54, 1.807) is 18.3 Å². The van der Waals surface area contributed by atoms with Gasteiger partial charge in [0.25, 0.3) is 0 Å². The van der Waals surface area contributed by atoms with E-state index in [0.29, 0.717) is 5.11 Å². The number of benzene rings is 2. The van der Waals surface area contributed by atoms with Gasteiger partial charge >= 0.3 is 0 Å². The lowest BCUT2D eigenvalue weighted by atomic mass is 9.96. The van der Waals surface area contributed by atoms with Crippen molar-refractivity contribution in [1.29, 1.82) is 0 Å². The number of rotatable bonds is 4. The molecule has 3 heterocycles. The van der Waals surface area contributed by atoms with Gasteiger partial charge in [0.15, 0.2) is 5.11 Å². The van der Waals surface area contributed by atoms with E-state index in [0.717, 1.165) is 34.0 Å². The molecule has 0 amide bonds. The Balaban J connectivity index is 1.68. The van der Waals surface area contributed by atoms with Crippen molar-refractivity contribution in [3.8, 4) is 5.69 Å². The summed E-state index contributed by atoms with van der Waals surface area (Å²) in [5, 5.41) is 4.08. The zero-order valence-corrected chi connectivity index (χ0v) is 19.6. The number of nitrogens with zero attached hydrogens (tertiary/aromatic N) is 3. The Kier molecular flexibility index (Phi) is 5.46. The third-order valence-electron chi connectivity index (χ3n) is 6.25. The molecule has 4 nitrogen and oxygen atoms in total. The normalized spacial score (nSPS) is 17.9. The molecule has 1 aliphatic rings. The lowest BCUT2D eigenvalue weighted by molar-refractivity contribution is 0.565. The Hall–Kier alpha value is -3.51. The van der Waals surface area contributed by atoms with Crippen molar-refractivity contribution >= 4 is 23.0 Å². The first-order chi connectivity index (χ1) is 15.9. The zero-order valence-electron chi connectivity index (χ0n) is 18.8. The number of hydrogen-bond acceptors (Lipinski definition) is 2. The summed E-state index contributed by atoms with van der Waals surface area (Å²) in [7, 11) is 0. The largest absolute Gasteiger partial charge is 0.351 e. The van der Waals surface area contributed by atoms with Gasteiger partial charge < -0.3 is 14.8 Å². The van der Waals surface area contributed by atoms with Gasteiger partial charge in [0.1, 0.15) is 5.82 Å². The minimum absolute atomic E-state index is 0.136. The van der Waals surface area contributed by atoms with Crippen molar-refractivity contribution in [2.75, 3.05) is 4.90 Å². The van der Waals surface area contributed by atoms with Gasteiger partial charge in [0.05, 0.1) is 17.8 Å². The molecular weight excluding hydrogens is 431 g/mol. The predicted octanol–water partition coefficient (Wildman–Crippen LogP) is 6.11. The third kappa shape index (κ3) is 3.80. The predicted molar refractivity (Wildman–Crippen MR) is 134 cm³/mol. The van der Waals surface area contributed by atoms with E-state index >= 15 is 0 Å². The number of anilines is 1. The van der Waals surface area contributed by atoms with Crippen LogP contribution in [0.2, 0.25) is 0 Å². The number of aromatic nitrogens is 2. The van der Waals surface area contributed by atoms with Gasteiger partial charge in [0.2, 0.25) is 0 Å². The maximum Gasteiger partial charge on any atom is 0.174 e. The molecular formula is C27H25FN4S. The summed E-state index contributed by atoms with van der Waals surface area (Å²) >= 11 is 5.79. The van der Waals surface area contributed by atoms with Crippen molar-refractivity contribution in [2.45, 2.75) is 32.9 Å². The average Bonchev–Trinajstić information content (AvgIpc) is 3.30. The quantitative estimate of drug-likeness (QED) is 0.376. The fourth-order valence-corrected chi connectivity index (χ4v) is 5.15. The molecule has 5 rings (SSSR count). The minimum atomic E-state index is -0.271. The topological polar surface area (TPSA) is 33.1 Å². The van der Waals surface area contributed by atoms with Gasteiger partial charge in [-0.25, -0.2) is 4.39 Å². The van der Waals surface area contributed by atoms with Crippen molar-refractivity contribution in [2.24, 2.45) is 0 Å². The Labute approximate surface area is 198 Å². The summed E-state index contributed by atoms with van der Waals surface area (Å²) in [4.78, 5) is 6.71. The molecule has 4 aromatic rings. The first kappa shape index (κ1) is 21.3. The van der Waals surface area contributed by atoms with Gasteiger partial charge in [-0.3, -0.25) is 4.98 Å². The molecule has 2 atom stereocenters. The number of thiocarbonyl (C=S) groups is 1. The van der Waals surface area contributed by atoms with E-state index in [1.807, 2.05) is 18.2 Å². The first-order valence-electron chi connectivity index (χ1n) is 11.0. The van der Waals surface area contributed by atoms with E-state index in [4.69, 9.17) is 12.2 Å². The van der Waals surface area contributed by atoms with Gasteiger partial charge in [-0.15, -0.1) is 0 Å². The summed E-state index contributed by atoms with van der Waals surface area (Å²) in [6.45, 7) is 6.37. The second-order valence-electron chi connectivity index (χ2n) is 8.47. The summed E-state index contributed by atoms with van der Waals surface area (Å²) in [6.07, 6.45) is 1.80.